The molecule has 1 N–H and O–H groups in total. The van der Waals surface area contributed by atoms with Crippen molar-refractivity contribution < 1.29 is 14.7 Å². The minimum absolute atomic E-state index is 0.000833. The van der Waals surface area contributed by atoms with Crippen molar-refractivity contribution in [2.24, 2.45) is 0 Å². The molecule has 11 heavy (non-hydrogen) atoms. The van der Waals surface area contributed by atoms with Crippen LogP contribution in [0.25, 0.3) is 0 Å². The van der Waals surface area contributed by atoms with Crippen LogP contribution in [0.3, 0.4) is 0 Å². The van der Waals surface area contributed by atoms with E-state index in [9.17, 15) is 0 Å². The van der Waals surface area contributed by atoms with E-state index in [0.717, 1.165) is 5.69 Å². The first-order chi connectivity index (χ1) is 5.38. The molecule has 0 aliphatic heterocycles. The smallest absolute Gasteiger partial charge is 0.259 e. The van der Waals surface area contributed by atoms with Crippen LogP contribution in [0, 0.1) is 0 Å². The summed E-state index contributed by atoms with van der Waals surface area (Å²) in [4.78, 5) is 5.18. The fourth-order valence-electron chi connectivity index (χ4n) is 0.851. The Morgan fingerprint density at radius 3 is 3.00 bits per heavy atom. The minimum Gasteiger partial charge on any atom is -0.385 e. The molecule has 0 saturated heterocycles. The Labute approximate surface area is 65.8 Å². The lowest BCUT2D eigenvalue weighted by molar-refractivity contribution is -0.896. The molecule has 1 heterocycles. The van der Waals surface area contributed by atoms with E-state index in [0.29, 0.717) is 6.61 Å². The fraction of sp³-hybridized carbons (Fsp3) is 0.375. The number of pyridine rings is 1. The highest BCUT2D eigenvalue weighted by Gasteiger charge is 2.07. The summed E-state index contributed by atoms with van der Waals surface area (Å²) >= 11 is 0. The molecule has 0 atom stereocenters. The Bertz CT molecular complexity index is 225. The van der Waals surface area contributed by atoms with E-state index in [4.69, 9.17) is 9.94 Å². The molecule has 1 aromatic heterocycles. The Balaban J connectivity index is 2.83. The summed E-state index contributed by atoms with van der Waals surface area (Å²) in [6, 6.07) is 5.53. The van der Waals surface area contributed by atoms with E-state index in [1.165, 1.54) is 0 Å². The molecule has 0 fully saturated rings. The van der Waals surface area contributed by atoms with Crippen LogP contribution < -0.4 is 9.57 Å². The van der Waals surface area contributed by atoms with Crippen LogP contribution in [0.2, 0.25) is 0 Å². The zero-order valence-corrected chi connectivity index (χ0v) is 6.53. The first-order valence-electron chi connectivity index (χ1n) is 3.62. The summed E-state index contributed by atoms with van der Waals surface area (Å²) in [6.07, 6.45) is 1.77. The van der Waals surface area contributed by atoms with Gasteiger partial charge in [-0.3, -0.25) is 4.84 Å². The van der Waals surface area contributed by atoms with Crippen LogP contribution in [0.1, 0.15) is 12.6 Å². The molecule has 60 valence electrons. The van der Waals surface area contributed by atoms with E-state index in [1.54, 1.807) is 10.9 Å². The first-order valence-corrected chi connectivity index (χ1v) is 3.62. The van der Waals surface area contributed by atoms with Crippen molar-refractivity contribution in [1.82, 2.24) is 0 Å². The van der Waals surface area contributed by atoms with Crippen LogP contribution in [0.15, 0.2) is 24.4 Å². The van der Waals surface area contributed by atoms with Gasteiger partial charge in [0, 0.05) is 16.9 Å². The molecule has 1 rings (SSSR count). The summed E-state index contributed by atoms with van der Waals surface area (Å²) in [7, 11) is 0. The van der Waals surface area contributed by atoms with Gasteiger partial charge in [0.2, 0.25) is 6.20 Å². The second-order valence-corrected chi connectivity index (χ2v) is 2.09. The Morgan fingerprint density at radius 1 is 1.55 bits per heavy atom. The molecule has 0 amide bonds. The van der Waals surface area contributed by atoms with E-state index in [-0.39, 0.29) is 6.61 Å². The predicted octanol–water partition coefficient (Wildman–Crippen LogP) is -0.0851. The van der Waals surface area contributed by atoms with Crippen molar-refractivity contribution in [3.63, 3.8) is 0 Å². The lowest BCUT2D eigenvalue weighted by Crippen LogP contribution is -2.45. The third-order valence-corrected chi connectivity index (χ3v) is 1.33. The van der Waals surface area contributed by atoms with Crippen molar-refractivity contribution in [2.45, 2.75) is 13.5 Å². The largest absolute Gasteiger partial charge is 0.385 e. The van der Waals surface area contributed by atoms with Gasteiger partial charge in [-0.05, 0) is 13.0 Å². The second-order valence-electron chi connectivity index (χ2n) is 2.09. The van der Waals surface area contributed by atoms with Crippen LogP contribution in [0.4, 0.5) is 0 Å². The quantitative estimate of drug-likeness (QED) is 0.617. The zero-order chi connectivity index (χ0) is 8.10. The highest BCUT2D eigenvalue weighted by atomic mass is 16.7. The second kappa shape index (κ2) is 3.93. The van der Waals surface area contributed by atoms with Gasteiger partial charge in [-0.15, -0.1) is 0 Å². The van der Waals surface area contributed by atoms with Gasteiger partial charge in [0.1, 0.15) is 6.61 Å². The molecule has 0 saturated carbocycles. The standard InChI is InChI=1S/C8H12NO2/c1-2-11-9-6-4-3-5-8(9)7-10/h3-6,10H,2,7H2,1H3/q+1. The maximum atomic E-state index is 8.84. The normalized spacial score (nSPS) is 9.64. The summed E-state index contributed by atoms with van der Waals surface area (Å²) in [6.45, 7) is 2.50. The molecule has 1 aromatic rings. The number of hydrogen-bond acceptors (Lipinski definition) is 2. The number of aliphatic hydroxyl groups excluding tert-OH is 1. The number of nitrogens with zero attached hydrogens (tertiary/aromatic N) is 1. The molecule has 0 aliphatic carbocycles. The molecule has 0 spiro atoms. The van der Waals surface area contributed by atoms with Crippen LogP contribution in [-0.2, 0) is 6.61 Å². The molecule has 0 bridgehead atoms. The topological polar surface area (TPSA) is 33.3 Å². The van der Waals surface area contributed by atoms with Gasteiger partial charge in [0.25, 0.3) is 5.69 Å². The summed E-state index contributed by atoms with van der Waals surface area (Å²) in [5.74, 6) is 0. The summed E-state index contributed by atoms with van der Waals surface area (Å²) in [5.41, 5.74) is 0.759. The molecular formula is C8H12NO2+. The van der Waals surface area contributed by atoms with Gasteiger partial charge >= 0.3 is 0 Å². The Hall–Kier alpha value is -1.09. The lowest BCUT2D eigenvalue weighted by atomic mass is 10.4. The minimum atomic E-state index is 0.000833. The van der Waals surface area contributed by atoms with E-state index in [2.05, 4.69) is 0 Å². The number of aliphatic hydroxyl groups is 1. The van der Waals surface area contributed by atoms with Crippen molar-refractivity contribution in [2.75, 3.05) is 6.61 Å². The average molecular weight is 154 g/mol. The van der Waals surface area contributed by atoms with Gasteiger partial charge in [-0.2, -0.15) is 0 Å². The fourth-order valence-corrected chi connectivity index (χ4v) is 0.851. The molecular weight excluding hydrogens is 142 g/mol. The van der Waals surface area contributed by atoms with Crippen molar-refractivity contribution in [3.8, 4) is 0 Å². The molecule has 3 nitrogen and oxygen atoms in total. The maximum absolute atomic E-state index is 8.84. The third-order valence-electron chi connectivity index (χ3n) is 1.33. The number of hydrogen-bond donors (Lipinski definition) is 1. The van der Waals surface area contributed by atoms with Gasteiger partial charge in [0.05, 0.1) is 0 Å². The van der Waals surface area contributed by atoms with Gasteiger partial charge in [0.15, 0.2) is 6.61 Å². The van der Waals surface area contributed by atoms with Crippen LogP contribution in [0.5, 0.6) is 0 Å². The predicted molar refractivity (Wildman–Crippen MR) is 39.7 cm³/mol. The Kier molecular flexibility index (Phi) is 2.86. The van der Waals surface area contributed by atoms with Gasteiger partial charge < -0.3 is 5.11 Å². The first kappa shape index (κ1) is 8.01. The van der Waals surface area contributed by atoms with Crippen molar-refractivity contribution >= 4 is 0 Å². The SMILES string of the molecule is CCO[n+]1ccccc1CO. The molecule has 0 unspecified atom stereocenters. The summed E-state index contributed by atoms with van der Waals surface area (Å²) in [5, 5.41) is 8.84. The maximum Gasteiger partial charge on any atom is 0.259 e. The molecule has 3 heteroatoms. The highest BCUT2D eigenvalue weighted by Crippen LogP contribution is 1.88. The summed E-state index contributed by atoms with van der Waals surface area (Å²) < 4.78 is 1.57. The Morgan fingerprint density at radius 2 is 2.36 bits per heavy atom. The molecule has 0 radical (unpaired) electrons. The third kappa shape index (κ3) is 1.91. The van der Waals surface area contributed by atoms with E-state index in [1.807, 2.05) is 25.1 Å². The van der Waals surface area contributed by atoms with Crippen LogP contribution >= 0.6 is 0 Å². The average Bonchev–Trinajstić information content (AvgIpc) is 2.06. The van der Waals surface area contributed by atoms with Crippen LogP contribution in [-0.4, -0.2) is 11.7 Å². The van der Waals surface area contributed by atoms with Gasteiger partial charge in [-0.1, -0.05) is 0 Å². The molecule has 0 aliphatic rings. The monoisotopic (exact) mass is 154 g/mol. The number of rotatable bonds is 3. The highest BCUT2D eigenvalue weighted by molar-refractivity contribution is 4.94. The zero-order valence-electron chi connectivity index (χ0n) is 6.53. The lowest BCUT2D eigenvalue weighted by Gasteiger charge is -1.96. The number of aromatic nitrogens is 1. The molecule has 0 aromatic carbocycles. The van der Waals surface area contributed by atoms with E-state index < -0.39 is 0 Å². The van der Waals surface area contributed by atoms with Crippen molar-refractivity contribution in [3.05, 3.63) is 30.1 Å². The van der Waals surface area contributed by atoms with Crippen molar-refractivity contribution in [1.29, 1.82) is 0 Å². The van der Waals surface area contributed by atoms with Gasteiger partial charge in [-0.25, -0.2) is 0 Å². The van der Waals surface area contributed by atoms with E-state index >= 15 is 0 Å².